The second-order valence-electron chi connectivity index (χ2n) is 9.63. The van der Waals surface area contributed by atoms with Crippen LogP contribution >= 0.6 is 23.2 Å². The molecule has 0 unspecified atom stereocenters. The zero-order valence-electron chi connectivity index (χ0n) is 17.4. The molecule has 3 aliphatic carbocycles. The zero-order chi connectivity index (χ0) is 21.0. The van der Waals surface area contributed by atoms with Gasteiger partial charge in [0, 0.05) is 29.9 Å². The van der Waals surface area contributed by atoms with Gasteiger partial charge in [0.1, 0.15) is 11.5 Å². The van der Waals surface area contributed by atoms with E-state index in [9.17, 15) is 0 Å². The minimum atomic E-state index is -0.319. The summed E-state index contributed by atoms with van der Waals surface area (Å²) in [7, 11) is 0. The highest BCUT2D eigenvalue weighted by molar-refractivity contribution is 6.39. The molecule has 5 nitrogen and oxygen atoms in total. The molecule has 0 amide bonds. The van der Waals surface area contributed by atoms with Gasteiger partial charge in [-0.25, -0.2) is 0 Å². The van der Waals surface area contributed by atoms with E-state index in [1.165, 1.54) is 6.42 Å². The monoisotopic (exact) mass is 463 g/mol. The maximum atomic E-state index is 6.51. The number of rotatable bonds is 5. The van der Waals surface area contributed by atoms with Crippen LogP contribution in [0.1, 0.15) is 62.2 Å². The van der Waals surface area contributed by atoms with Crippen LogP contribution in [-0.2, 0) is 20.8 Å². The Morgan fingerprint density at radius 2 is 1.68 bits per heavy atom. The number of nitrogens with zero attached hydrogens (tertiary/aromatic N) is 1. The Morgan fingerprint density at radius 3 is 2.32 bits per heavy atom. The SMILES string of the molecule is Clc1cccc(Cl)c1-c1noc(C2CC2)c1COC1C[C@H]2C[C@H](C1)CC1(C2)OCCO1. The molecule has 6 rings (SSSR count). The van der Waals surface area contributed by atoms with Crippen molar-refractivity contribution in [1.82, 2.24) is 5.16 Å². The van der Waals surface area contributed by atoms with Crippen LogP contribution in [-0.4, -0.2) is 30.3 Å². The summed E-state index contributed by atoms with van der Waals surface area (Å²) in [5.74, 6) is 2.24. The van der Waals surface area contributed by atoms with E-state index in [0.717, 1.165) is 74.3 Å². The normalized spacial score (nSPS) is 29.5. The molecule has 1 saturated heterocycles. The van der Waals surface area contributed by atoms with E-state index in [0.29, 0.717) is 34.4 Å². The fourth-order valence-electron chi connectivity index (χ4n) is 5.92. The third-order valence-corrected chi connectivity index (χ3v) is 7.93. The van der Waals surface area contributed by atoms with Crippen LogP contribution in [0.5, 0.6) is 0 Å². The Balaban J connectivity index is 1.20. The van der Waals surface area contributed by atoms with Gasteiger partial charge in [-0.1, -0.05) is 34.4 Å². The van der Waals surface area contributed by atoms with E-state index in [4.69, 9.17) is 41.9 Å². The van der Waals surface area contributed by atoms with Gasteiger partial charge >= 0.3 is 0 Å². The van der Waals surface area contributed by atoms with Crippen LogP contribution in [0.3, 0.4) is 0 Å². The van der Waals surface area contributed by atoms with Gasteiger partial charge in [-0.3, -0.25) is 0 Å². The fourth-order valence-corrected chi connectivity index (χ4v) is 6.49. The van der Waals surface area contributed by atoms with Crippen molar-refractivity contribution in [3.8, 4) is 11.3 Å². The third-order valence-electron chi connectivity index (χ3n) is 7.30. The Hall–Kier alpha value is -1.11. The van der Waals surface area contributed by atoms with Crippen molar-refractivity contribution in [2.24, 2.45) is 11.8 Å². The van der Waals surface area contributed by atoms with Crippen molar-refractivity contribution < 1.29 is 18.7 Å². The minimum Gasteiger partial charge on any atom is -0.373 e. The maximum absolute atomic E-state index is 6.51. The summed E-state index contributed by atoms with van der Waals surface area (Å²) in [6.07, 6.45) is 7.85. The molecular weight excluding hydrogens is 437 g/mol. The van der Waals surface area contributed by atoms with Gasteiger partial charge in [0.2, 0.25) is 0 Å². The molecule has 1 aromatic heterocycles. The van der Waals surface area contributed by atoms with Gasteiger partial charge in [0.05, 0.1) is 36.0 Å². The molecule has 1 aliphatic heterocycles. The number of halogens is 2. The van der Waals surface area contributed by atoms with Gasteiger partial charge in [-0.15, -0.1) is 0 Å². The fraction of sp³-hybridized carbons (Fsp3) is 0.625. The summed E-state index contributed by atoms with van der Waals surface area (Å²) in [5.41, 5.74) is 2.46. The van der Waals surface area contributed by atoms with Gasteiger partial charge < -0.3 is 18.7 Å². The summed E-state index contributed by atoms with van der Waals surface area (Å²) in [6, 6.07) is 5.52. The Bertz CT molecular complexity index is 930. The second-order valence-corrected chi connectivity index (χ2v) is 10.4. The average Bonchev–Trinajstić information content (AvgIpc) is 3.35. The predicted octanol–water partition coefficient (Wildman–Crippen LogP) is 6.36. The molecule has 4 aliphatic rings. The number of fused-ring (bicyclic) bond motifs is 2. The molecule has 166 valence electrons. The quantitative estimate of drug-likeness (QED) is 0.515. The lowest BCUT2D eigenvalue weighted by Gasteiger charge is -2.46. The molecule has 0 N–H and O–H groups in total. The molecule has 2 atom stereocenters. The van der Waals surface area contributed by atoms with Crippen LogP contribution in [0.2, 0.25) is 10.0 Å². The van der Waals surface area contributed by atoms with Crippen molar-refractivity contribution in [3.63, 3.8) is 0 Å². The Labute approximate surface area is 192 Å². The van der Waals surface area contributed by atoms with Crippen molar-refractivity contribution in [1.29, 1.82) is 0 Å². The molecule has 4 fully saturated rings. The summed E-state index contributed by atoms with van der Waals surface area (Å²) in [5, 5.41) is 5.55. The highest BCUT2D eigenvalue weighted by Gasteiger charge is 2.48. The topological polar surface area (TPSA) is 53.7 Å². The van der Waals surface area contributed by atoms with Crippen molar-refractivity contribution >= 4 is 23.2 Å². The van der Waals surface area contributed by atoms with E-state index in [2.05, 4.69) is 5.16 Å². The van der Waals surface area contributed by atoms with Gasteiger partial charge in [0.15, 0.2) is 5.79 Å². The van der Waals surface area contributed by atoms with Crippen molar-refractivity contribution in [2.45, 2.75) is 69.4 Å². The smallest absolute Gasteiger partial charge is 0.169 e. The number of hydrogen-bond donors (Lipinski definition) is 0. The molecule has 31 heavy (non-hydrogen) atoms. The number of aromatic nitrogens is 1. The molecule has 3 saturated carbocycles. The van der Waals surface area contributed by atoms with Crippen LogP contribution < -0.4 is 0 Å². The highest BCUT2D eigenvalue weighted by atomic mass is 35.5. The first-order chi connectivity index (χ1) is 15.1. The van der Waals surface area contributed by atoms with Crippen LogP contribution in [0.15, 0.2) is 22.7 Å². The van der Waals surface area contributed by atoms with Crippen molar-refractivity contribution in [2.75, 3.05) is 13.2 Å². The standard InChI is InChI=1S/C24H27Cl2NO4/c25-19-2-1-3-20(26)21(19)22-18(23(31-27-22)16-4-5-16)13-28-17-9-14-8-15(10-17)12-24(11-14)29-6-7-30-24/h1-3,14-17H,4-13H2/t14-,15-/m1/s1. The Morgan fingerprint density at radius 1 is 1.00 bits per heavy atom. The largest absolute Gasteiger partial charge is 0.373 e. The van der Waals surface area contributed by atoms with Crippen LogP contribution in [0, 0.1) is 11.8 Å². The Kier molecular flexibility index (Phi) is 5.31. The molecule has 2 bridgehead atoms. The van der Waals surface area contributed by atoms with Crippen molar-refractivity contribution in [3.05, 3.63) is 39.6 Å². The molecule has 0 radical (unpaired) electrons. The predicted molar refractivity (Wildman–Crippen MR) is 117 cm³/mol. The zero-order valence-corrected chi connectivity index (χ0v) is 19.0. The van der Waals surface area contributed by atoms with E-state index >= 15 is 0 Å². The molecule has 1 spiro atoms. The summed E-state index contributed by atoms with van der Waals surface area (Å²) >= 11 is 13.0. The lowest BCUT2D eigenvalue weighted by Crippen LogP contribution is -2.45. The maximum Gasteiger partial charge on any atom is 0.169 e. The number of benzene rings is 1. The number of ether oxygens (including phenoxy) is 3. The van der Waals surface area contributed by atoms with Gasteiger partial charge in [0.25, 0.3) is 0 Å². The summed E-state index contributed by atoms with van der Waals surface area (Å²) in [4.78, 5) is 0. The van der Waals surface area contributed by atoms with Gasteiger partial charge in [-0.05, 0) is 56.1 Å². The average molecular weight is 464 g/mol. The highest BCUT2D eigenvalue weighted by Crippen LogP contribution is 2.49. The van der Waals surface area contributed by atoms with E-state index in [1.54, 1.807) is 0 Å². The molecule has 7 heteroatoms. The van der Waals surface area contributed by atoms with E-state index in [-0.39, 0.29) is 11.9 Å². The van der Waals surface area contributed by atoms with Crippen LogP contribution in [0.25, 0.3) is 11.3 Å². The first-order valence-corrected chi connectivity index (χ1v) is 12.2. The minimum absolute atomic E-state index is 0.235. The van der Waals surface area contributed by atoms with Gasteiger partial charge in [-0.2, -0.15) is 0 Å². The molecule has 1 aromatic carbocycles. The van der Waals surface area contributed by atoms with Crippen LogP contribution in [0.4, 0.5) is 0 Å². The second kappa shape index (κ2) is 8.03. The first kappa shape index (κ1) is 20.5. The third kappa shape index (κ3) is 3.93. The molecule has 2 aromatic rings. The number of hydrogen-bond acceptors (Lipinski definition) is 5. The van der Waals surface area contributed by atoms with E-state index in [1.807, 2.05) is 18.2 Å². The first-order valence-electron chi connectivity index (χ1n) is 11.4. The molecular formula is C24H27Cl2NO4. The van der Waals surface area contributed by atoms with E-state index < -0.39 is 0 Å². The lowest BCUT2D eigenvalue weighted by molar-refractivity contribution is -0.211. The molecule has 2 heterocycles. The lowest BCUT2D eigenvalue weighted by atomic mass is 9.68. The summed E-state index contributed by atoms with van der Waals surface area (Å²) in [6.45, 7) is 1.93. The summed E-state index contributed by atoms with van der Waals surface area (Å²) < 4.78 is 24.3.